The molecule has 5 nitrogen and oxygen atoms in total. The van der Waals surface area contributed by atoms with Gasteiger partial charge in [-0.15, -0.1) is 11.3 Å². The maximum absolute atomic E-state index is 13.4. The van der Waals surface area contributed by atoms with Crippen molar-refractivity contribution in [3.63, 3.8) is 0 Å². The lowest BCUT2D eigenvalue weighted by Crippen LogP contribution is -2.46. The number of nitrogens with one attached hydrogen (secondary N) is 1. The summed E-state index contributed by atoms with van der Waals surface area (Å²) in [5, 5.41) is 9.10. The number of hydrogen-bond acceptors (Lipinski definition) is 5. The minimum atomic E-state index is -0.649. The van der Waals surface area contributed by atoms with Gasteiger partial charge in [0.15, 0.2) is 0 Å². The Morgan fingerprint density at radius 1 is 1.17 bits per heavy atom. The quantitative estimate of drug-likeness (QED) is 0.559. The molecule has 2 amide bonds. The highest BCUT2D eigenvalue weighted by atomic mass is 32.1. The van der Waals surface area contributed by atoms with Crippen molar-refractivity contribution in [2.24, 2.45) is 0 Å². The fourth-order valence-electron chi connectivity index (χ4n) is 3.93. The minimum absolute atomic E-state index is 0.0564. The number of pyridine rings is 1. The molecule has 1 aliphatic rings. The van der Waals surface area contributed by atoms with E-state index in [0.29, 0.717) is 6.54 Å². The molecule has 0 saturated heterocycles. The van der Waals surface area contributed by atoms with Crippen molar-refractivity contribution in [2.45, 2.75) is 50.7 Å². The molecule has 7 heteroatoms. The summed E-state index contributed by atoms with van der Waals surface area (Å²) in [6.07, 6.45) is 8.06. The molecule has 1 unspecified atom stereocenters. The first-order valence-electron chi connectivity index (χ1n) is 10.2. The Labute approximate surface area is 184 Å². The number of carbonyl (C=O) groups is 2. The number of rotatable bonds is 8. The van der Waals surface area contributed by atoms with Gasteiger partial charge in [0, 0.05) is 29.9 Å². The summed E-state index contributed by atoms with van der Waals surface area (Å²) in [5.74, 6) is -0.150. The zero-order chi connectivity index (χ0) is 20.8. The van der Waals surface area contributed by atoms with Gasteiger partial charge in [0.1, 0.15) is 6.04 Å². The van der Waals surface area contributed by atoms with Gasteiger partial charge >= 0.3 is 0 Å². The van der Waals surface area contributed by atoms with Crippen LogP contribution >= 0.6 is 22.7 Å². The van der Waals surface area contributed by atoms with E-state index in [4.69, 9.17) is 0 Å². The molecular formula is C23H25N3O2S2. The molecule has 3 aromatic rings. The molecule has 156 valence electrons. The lowest BCUT2D eigenvalue weighted by atomic mass is 10.0. The second-order valence-electron chi connectivity index (χ2n) is 7.59. The van der Waals surface area contributed by atoms with Gasteiger partial charge in [0.2, 0.25) is 11.8 Å². The molecule has 1 fully saturated rings. The van der Waals surface area contributed by atoms with Gasteiger partial charge in [-0.2, -0.15) is 11.3 Å². The molecule has 1 aliphatic carbocycles. The Bertz CT molecular complexity index is 936. The number of carbonyl (C=O) groups excluding carboxylic acids is 2. The molecule has 1 saturated carbocycles. The molecule has 30 heavy (non-hydrogen) atoms. The summed E-state index contributed by atoms with van der Waals surface area (Å²) in [4.78, 5) is 33.7. The molecular weight excluding hydrogens is 414 g/mol. The fraction of sp³-hybridized carbons (Fsp3) is 0.348. The molecule has 0 radical (unpaired) electrons. The van der Waals surface area contributed by atoms with Gasteiger partial charge in [-0.25, -0.2) is 0 Å². The van der Waals surface area contributed by atoms with Crippen molar-refractivity contribution < 1.29 is 9.59 Å². The average molecular weight is 440 g/mol. The van der Waals surface area contributed by atoms with Crippen LogP contribution in [0.2, 0.25) is 0 Å². The molecule has 3 aromatic heterocycles. The lowest BCUT2D eigenvalue weighted by Gasteiger charge is -2.31. The molecule has 0 bridgehead atoms. The van der Waals surface area contributed by atoms with E-state index >= 15 is 0 Å². The van der Waals surface area contributed by atoms with Gasteiger partial charge in [-0.1, -0.05) is 25.0 Å². The van der Waals surface area contributed by atoms with Gasteiger partial charge in [-0.3, -0.25) is 14.6 Å². The summed E-state index contributed by atoms with van der Waals surface area (Å²) in [6, 6.07) is 9.20. The maximum Gasteiger partial charge on any atom is 0.247 e. The van der Waals surface area contributed by atoms with E-state index in [0.717, 1.165) is 41.7 Å². The smallest absolute Gasteiger partial charge is 0.247 e. The SMILES string of the molecule is O=C(NC1CCCC1)C(c1ccsc1)N(Cc1cccnc1)C(=O)Cc1cccs1. The van der Waals surface area contributed by atoms with Crippen LogP contribution in [0.4, 0.5) is 0 Å². The Hall–Kier alpha value is -2.51. The first-order chi connectivity index (χ1) is 14.7. The van der Waals surface area contributed by atoms with Gasteiger partial charge in [0.05, 0.1) is 6.42 Å². The maximum atomic E-state index is 13.4. The van der Waals surface area contributed by atoms with Crippen LogP contribution in [0, 0.1) is 0 Å². The predicted molar refractivity (Wildman–Crippen MR) is 120 cm³/mol. The van der Waals surface area contributed by atoms with Crippen LogP contribution in [-0.4, -0.2) is 27.7 Å². The van der Waals surface area contributed by atoms with E-state index in [2.05, 4.69) is 10.3 Å². The van der Waals surface area contributed by atoms with E-state index in [1.165, 1.54) is 0 Å². The summed E-state index contributed by atoms with van der Waals surface area (Å²) in [7, 11) is 0. The third-order valence-electron chi connectivity index (χ3n) is 5.42. The number of aromatic nitrogens is 1. The van der Waals surface area contributed by atoms with Crippen LogP contribution in [0.15, 0.2) is 58.9 Å². The van der Waals surface area contributed by atoms with E-state index in [-0.39, 0.29) is 24.3 Å². The molecule has 0 aromatic carbocycles. The Kier molecular flexibility index (Phi) is 6.92. The third-order valence-corrected chi connectivity index (χ3v) is 7.00. The molecule has 0 spiro atoms. The van der Waals surface area contributed by atoms with Crippen molar-refractivity contribution >= 4 is 34.5 Å². The van der Waals surface area contributed by atoms with Gasteiger partial charge in [0.25, 0.3) is 0 Å². The highest BCUT2D eigenvalue weighted by molar-refractivity contribution is 7.10. The fourth-order valence-corrected chi connectivity index (χ4v) is 5.30. The predicted octanol–water partition coefficient (Wildman–Crippen LogP) is 4.58. The number of nitrogens with zero attached hydrogens (tertiary/aromatic N) is 2. The molecule has 1 N–H and O–H groups in total. The molecule has 1 atom stereocenters. The molecule has 0 aliphatic heterocycles. The van der Waals surface area contributed by atoms with Crippen molar-refractivity contribution in [2.75, 3.05) is 0 Å². The highest BCUT2D eigenvalue weighted by Crippen LogP contribution is 2.28. The Morgan fingerprint density at radius 2 is 2.03 bits per heavy atom. The zero-order valence-electron chi connectivity index (χ0n) is 16.7. The van der Waals surface area contributed by atoms with Gasteiger partial charge in [-0.05, 0) is 58.3 Å². The second-order valence-corrected chi connectivity index (χ2v) is 9.40. The largest absolute Gasteiger partial charge is 0.351 e. The van der Waals surface area contributed by atoms with Crippen LogP contribution in [0.1, 0.15) is 47.7 Å². The van der Waals surface area contributed by atoms with E-state index in [9.17, 15) is 9.59 Å². The van der Waals surface area contributed by atoms with Crippen LogP contribution in [0.5, 0.6) is 0 Å². The van der Waals surface area contributed by atoms with Crippen molar-refractivity contribution in [3.8, 4) is 0 Å². The van der Waals surface area contributed by atoms with E-state index in [1.807, 2.05) is 46.5 Å². The number of hydrogen-bond donors (Lipinski definition) is 1. The first kappa shape index (κ1) is 20.8. The van der Waals surface area contributed by atoms with E-state index in [1.54, 1.807) is 40.0 Å². The topological polar surface area (TPSA) is 62.3 Å². The van der Waals surface area contributed by atoms with Crippen LogP contribution < -0.4 is 5.32 Å². The zero-order valence-corrected chi connectivity index (χ0v) is 18.3. The standard InChI is InChI=1S/C23H25N3O2S2/c27-21(13-20-8-4-11-30-20)26(15-17-5-3-10-24-14-17)22(18-9-12-29-16-18)23(28)25-19-6-1-2-7-19/h3-5,8-12,14,16,19,22H,1-2,6-7,13,15H2,(H,25,28). The summed E-state index contributed by atoms with van der Waals surface area (Å²) in [6.45, 7) is 0.344. The number of amides is 2. The van der Waals surface area contributed by atoms with Crippen LogP contribution in [0.25, 0.3) is 0 Å². The molecule has 3 heterocycles. The van der Waals surface area contributed by atoms with Crippen molar-refractivity contribution in [1.82, 2.24) is 15.2 Å². The van der Waals surface area contributed by atoms with Crippen LogP contribution in [-0.2, 0) is 22.6 Å². The normalized spacial score (nSPS) is 15.1. The van der Waals surface area contributed by atoms with Crippen LogP contribution in [0.3, 0.4) is 0 Å². The average Bonchev–Trinajstić information content (AvgIpc) is 3.52. The summed E-state index contributed by atoms with van der Waals surface area (Å²) in [5.41, 5.74) is 1.77. The summed E-state index contributed by atoms with van der Waals surface area (Å²) < 4.78 is 0. The summed E-state index contributed by atoms with van der Waals surface area (Å²) >= 11 is 3.10. The lowest BCUT2D eigenvalue weighted by molar-refractivity contribution is -0.141. The van der Waals surface area contributed by atoms with E-state index < -0.39 is 6.04 Å². The Morgan fingerprint density at radius 3 is 2.70 bits per heavy atom. The van der Waals surface area contributed by atoms with Gasteiger partial charge < -0.3 is 10.2 Å². The minimum Gasteiger partial charge on any atom is -0.351 e. The first-order valence-corrected chi connectivity index (χ1v) is 12.1. The monoisotopic (exact) mass is 439 g/mol. The van der Waals surface area contributed by atoms with Crippen molar-refractivity contribution in [1.29, 1.82) is 0 Å². The Balaban J connectivity index is 1.64. The highest BCUT2D eigenvalue weighted by Gasteiger charge is 2.33. The number of thiophene rings is 2. The second kappa shape index (κ2) is 10.00. The third kappa shape index (κ3) is 5.15. The van der Waals surface area contributed by atoms with Crippen molar-refractivity contribution in [3.05, 3.63) is 74.9 Å². The molecule has 4 rings (SSSR count).